The highest BCUT2D eigenvalue weighted by molar-refractivity contribution is 5.18. The molecule has 1 saturated heterocycles. The van der Waals surface area contributed by atoms with Gasteiger partial charge < -0.3 is 10.1 Å². The summed E-state index contributed by atoms with van der Waals surface area (Å²) in [6.45, 7) is 4.01. The Kier molecular flexibility index (Phi) is 4.60. The second-order valence-corrected chi connectivity index (χ2v) is 7.01. The lowest BCUT2D eigenvalue weighted by Gasteiger charge is -2.40. The standard InChI is InChI=1S/C18H26FNO/c1-18(11-15-6-8-16(19)9-7-15)13-20-12-17(21-18)10-14-4-2-3-5-14/h6-9,14,17,20H,2-5,10-13H2,1H3. The Morgan fingerprint density at radius 3 is 2.67 bits per heavy atom. The molecule has 1 N–H and O–H groups in total. The fraction of sp³-hybridized carbons (Fsp3) is 0.667. The van der Waals surface area contributed by atoms with Gasteiger partial charge in [-0.1, -0.05) is 37.8 Å². The molecule has 2 atom stereocenters. The Bertz CT molecular complexity index is 455. The SMILES string of the molecule is CC1(Cc2ccc(F)cc2)CNCC(CC2CCCC2)O1. The van der Waals surface area contributed by atoms with Crippen LogP contribution in [-0.4, -0.2) is 24.8 Å². The van der Waals surface area contributed by atoms with E-state index in [1.165, 1.54) is 44.2 Å². The molecule has 2 unspecified atom stereocenters. The number of ether oxygens (including phenoxy) is 1. The number of benzene rings is 1. The largest absolute Gasteiger partial charge is 0.369 e. The van der Waals surface area contributed by atoms with Crippen LogP contribution in [0.3, 0.4) is 0 Å². The summed E-state index contributed by atoms with van der Waals surface area (Å²) < 4.78 is 19.4. The summed E-state index contributed by atoms with van der Waals surface area (Å²) in [5.74, 6) is 0.677. The lowest BCUT2D eigenvalue weighted by Crippen LogP contribution is -2.53. The smallest absolute Gasteiger partial charge is 0.123 e. The summed E-state index contributed by atoms with van der Waals surface area (Å²) in [4.78, 5) is 0. The molecule has 0 radical (unpaired) electrons. The Hall–Kier alpha value is -0.930. The molecule has 2 aliphatic rings. The minimum absolute atomic E-state index is 0.175. The highest BCUT2D eigenvalue weighted by atomic mass is 19.1. The second kappa shape index (κ2) is 6.45. The van der Waals surface area contributed by atoms with Crippen LogP contribution in [-0.2, 0) is 11.2 Å². The summed E-state index contributed by atoms with van der Waals surface area (Å²) >= 11 is 0. The van der Waals surface area contributed by atoms with Crippen LogP contribution in [0.5, 0.6) is 0 Å². The van der Waals surface area contributed by atoms with Crippen molar-refractivity contribution >= 4 is 0 Å². The van der Waals surface area contributed by atoms with Crippen molar-refractivity contribution in [2.45, 2.75) is 57.2 Å². The molecule has 0 spiro atoms. The maximum absolute atomic E-state index is 13.0. The van der Waals surface area contributed by atoms with Crippen LogP contribution < -0.4 is 5.32 Å². The average molecular weight is 291 g/mol. The van der Waals surface area contributed by atoms with E-state index < -0.39 is 0 Å². The first-order chi connectivity index (χ1) is 10.1. The van der Waals surface area contributed by atoms with Gasteiger partial charge in [-0.3, -0.25) is 0 Å². The van der Waals surface area contributed by atoms with Gasteiger partial charge in [0.2, 0.25) is 0 Å². The molecule has 116 valence electrons. The lowest BCUT2D eigenvalue weighted by atomic mass is 9.92. The molecule has 2 fully saturated rings. The first-order valence-corrected chi connectivity index (χ1v) is 8.26. The Balaban J connectivity index is 1.59. The molecule has 0 bridgehead atoms. The van der Waals surface area contributed by atoms with Gasteiger partial charge in [0.05, 0.1) is 11.7 Å². The highest BCUT2D eigenvalue weighted by Crippen LogP contribution is 2.32. The zero-order chi connectivity index (χ0) is 14.7. The molecule has 0 aromatic heterocycles. The van der Waals surface area contributed by atoms with E-state index in [4.69, 9.17) is 4.74 Å². The highest BCUT2D eigenvalue weighted by Gasteiger charge is 2.34. The normalized spacial score (nSPS) is 30.7. The van der Waals surface area contributed by atoms with Crippen LogP contribution in [0.2, 0.25) is 0 Å². The van der Waals surface area contributed by atoms with E-state index >= 15 is 0 Å². The van der Waals surface area contributed by atoms with Gasteiger partial charge in [0.15, 0.2) is 0 Å². The van der Waals surface area contributed by atoms with Gasteiger partial charge in [-0.05, 0) is 37.0 Å². The Morgan fingerprint density at radius 2 is 1.95 bits per heavy atom. The van der Waals surface area contributed by atoms with Gasteiger partial charge in [-0.15, -0.1) is 0 Å². The Labute approximate surface area is 127 Å². The summed E-state index contributed by atoms with van der Waals surface area (Å²) in [5, 5.41) is 3.53. The van der Waals surface area contributed by atoms with Crippen molar-refractivity contribution in [1.29, 1.82) is 0 Å². The van der Waals surface area contributed by atoms with E-state index in [2.05, 4.69) is 12.2 Å². The third-order valence-electron chi connectivity index (χ3n) is 4.88. The molecule has 1 aliphatic carbocycles. The zero-order valence-electron chi connectivity index (χ0n) is 12.9. The van der Waals surface area contributed by atoms with E-state index in [0.29, 0.717) is 6.10 Å². The summed E-state index contributed by atoms with van der Waals surface area (Å²) in [5.41, 5.74) is 0.960. The van der Waals surface area contributed by atoms with Gasteiger partial charge in [-0.2, -0.15) is 0 Å². The van der Waals surface area contributed by atoms with E-state index in [0.717, 1.165) is 31.0 Å². The quantitative estimate of drug-likeness (QED) is 0.913. The van der Waals surface area contributed by atoms with Gasteiger partial charge in [0.1, 0.15) is 5.82 Å². The minimum Gasteiger partial charge on any atom is -0.369 e. The number of rotatable bonds is 4. The van der Waals surface area contributed by atoms with Crippen LogP contribution >= 0.6 is 0 Å². The molecule has 21 heavy (non-hydrogen) atoms. The third-order valence-corrected chi connectivity index (χ3v) is 4.88. The van der Waals surface area contributed by atoms with E-state index in [9.17, 15) is 4.39 Å². The average Bonchev–Trinajstić information content (AvgIpc) is 2.94. The van der Waals surface area contributed by atoms with E-state index in [-0.39, 0.29) is 11.4 Å². The third kappa shape index (κ3) is 4.04. The zero-order valence-corrected chi connectivity index (χ0v) is 12.9. The summed E-state index contributed by atoms with van der Waals surface area (Å²) in [7, 11) is 0. The molecular weight excluding hydrogens is 265 g/mol. The molecule has 1 aliphatic heterocycles. The van der Waals surface area contributed by atoms with Crippen molar-refractivity contribution in [2.75, 3.05) is 13.1 Å². The van der Waals surface area contributed by atoms with Crippen molar-refractivity contribution in [3.8, 4) is 0 Å². The molecule has 1 saturated carbocycles. The number of morpholine rings is 1. The summed E-state index contributed by atoms with van der Waals surface area (Å²) in [6, 6.07) is 6.80. The van der Waals surface area contributed by atoms with E-state index in [1.807, 2.05) is 12.1 Å². The van der Waals surface area contributed by atoms with Crippen molar-refractivity contribution in [3.05, 3.63) is 35.6 Å². The summed E-state index contributed by atoms with van der Waals surface area (Å²) in [6.07, 6.45) is 7.86. The second-order valence-electron chi connectivity index (χ2n) is 7.01. The number of halogens is 1. The van der Waals surface area contributed by atoms with Gasteiger partial charge in [0.25, 0.3) is 0 Å². The Morgan fingerprint density at radius 1 is 1.24 bits per heavy atom. The number of hydrogen-bond donors (Lipinski definition) is 1. The minimum atomic E-state index is -0.181. The fourth-order valence-corrected chi connectivity index (χ4v) is 3.87. The fourth-order valence-electron chi connectivity index (χ4n) is 3.87. The molecule has 2 nitrogen and oxygen atoms in total. The monoisotopic (exact) mass is 291 g/mol. The van der Waals surface area contributed by atoms with E-state index in [1.54, 1.807) is 0 Å². The van der Waals surface area contributed by atoms with Crippen LogP contribution in [0.15, 0.2) is 24.3 Å². The van der Waals surface area contributed by atoms with Crippen molar-refractivity contribution in [1.82, 2.24) is 5.32 Å². The first kappa shape index (κ1) is 15.0. The maximum Gasteiger partial charge on any atom is 0.123 e. The topological polar surface area (TPSA) is 21.3 Å². The van der Waals surface area contributed by atoms with Gasteiger partial charge >= 0.3 is 0 Å². The molecule has 1 heterocycles. The van der Waals surface area contributed by atoms with Gasteiger partial charge in [-0.25, -0.2) is 4.39 Å². The van der Waals surface area contributed by atoms with Gasteiger partial charge in [0, 0.05) is 19.5 Å². The van der Waals surface area contributed by atoms with Crippen LogP contribution in [0.25, 0.3) is 0 Å². The molecule has 0 amide bonds. The first-order valence-electron chi connectivity index (χ1n) is 8.26. The van der Waals surface area contributed by atoms with Crippen molar-refractivity contribution in [2.24, 2.45) is 5.92 Å². The predicted molar refractivity (Wildman–Crippen MR) is 82.8 cm³/mol. The van der Waals surface area contributed by atoms with Crippen LogP contribution in [0.1, 0.15) is 44.6 Å². The lowest BCUT2D eigenvalue weighted by molar-refractivity contribution is -0.111. The molecule has 3 heteroatoms. The van der Waals surface area contributed by atoms with Crippen LogP contribution in [0, 0.1) is 11.7 Å². The molecular formula is C18H26FNO. The molecule has 1 aromatic carbocycles. The predicted octanol–water partition coefficient (Wildman–Crippen LogP) is 3.70. The molecule has 3 rings (SSSR count). The molecule has 1 aromatic rings. The van der Waals surface area contributed by atoms with Crippen molar-refractivity contribution in [3.63, 3.8) is 0 Å². The van der Waals surface area contributed by atoms with Crippen molar-refractivity contribution < 1.29 is 9.13 Å². The number of hydrogen-bond acceptors (Lipinski definition) is 2. The number of nitrogens with one attached hydrogen (secondary N) is 1. The maximum atomic E-state index is 13.0. The van der Waals surface area contributed by atoms with Crippen LogP contribution in [0.4, 0.5) is 4.39 Å².